The van der Waals surface area contributed by atoms with Crippen LogP contribution in [-0.2, 0) is 11.9 Å². The normalized spacial score (nSPS) is 18.4. The van der Waals surface area contributed by atoms with Gasteiger partial charge in [-0.15, -0.1) is 5.10 Å². The zero-order valence-corrected chi connectivity index (χ0v) is 18.3. The molecule has 4 rings (SSSR count). The van der Waals surface area contributed by atoms with Crippen molar-refractivity contribution in [3.05, 3.63) is 36.3 Å². The van der Waals surface area contributed by atoms with E-state index in [-0.39, 0.29) is 11.2 Å². The maximum atomic E-state index is 12.9. The average Bonchev–Trinajstić information content (AvgIpc) is 3.21. The topological polar surface area (TPSA) is 82.8 Å². The fraction of sp³-hybridized carbons (Fsp3) is 0.474. The second kappa shape index (κ2) is 9.00. The van der Waals surface area contributed by atoms with Crippen LogP contribution in [0.2, 0.25) is 0 Å². The lowest BCUT2D eigenvalue weighted by Gasteiger charge is -2.49. The van der Waals surface area contributed by atoms with Gasteiger partial charge in [-0.1, -0.05) is 11.8 Å². The van der Waals surface area contributed by atoms with Gasteiger partial charge in [-0.2, -0.15) is 31.4 Å². The van der Waals surface area contributed by atoms with Crippen LogP contribution in [0, 0.1) is 5.41 Å². The zero-order valence-electron chi connectivity index (χ0n) is 17.5. The van der Waals surface area contributed by atoms with Gasteiger partial charge in [-0.05, 0) is 6.42 Å². The summed E-state index contributed by atoms with van der Waals surface area (Å²) in [4.78, 5) is 19.3. The van der Waals surface area contributed by atoms with Crippen LogP contribution >= 0.6 is 11.8 Å². The molecule has 0 saturated carbocycles. The zero-order chi connectivity index (χ0) is 24.6. The molecule has 2 aromatic rings. The van der Waals surface area contributed by atoms with Crippen molar-refractivity contribution in [2.75, 3.05) is 36.0 Å². The number of nitrogens with zero attached hydrogens (tertiary/aromatic N) is 8. The van der Waals surface area contributed by atoms with Gasteiger partial charge in [0, 0.05) is 50.3 Å². The monoisotopic (exact) mass is 504 g/mol. The van der Waals surface area contributed by atoms with E-state index in [0.717, 1.165) is 6.42 Å². The number of thioether (sulfide) groups is 1. The van der Waals surface area contributed by atoms with E-state index < -0.39 is 23.2 Å². The molecule has 2 aromatic heterocycles. The smallest absolute Gasteiger partial charge is 0.368 e. The summed E-state index contributed by atoms with van der Waals surface area (Å²) < 4.78 is 76.8. The Balaban J connectivity index is 1.35. The fourth-order valence-corrected chi connectivity index (χ4v) is 4.66. The van der Waals surface area contributed by atoms with Gasteiger partial charge >= 0.3 is 12.4 Å². The van der Waals surface area contributed by atoms with Crippen LogP contribution in [0.4, 0.5) is 37.8 Å². The van der Waals surface area contributed by atoms with Crippen LogP contribution in [0.5, 0.6) is 0 Å². The van der Waals surface area contributed by atoms with Crippen LogP contribution in [0.1, 0.15) is 17.9 Å². The Morgan fingerprint density at radius 2 is 1.71 bits per heavy atom. The lowest BCUT2D eigenvalue weighted by Crippen LogP contribution is -2.57. The van der Waals surface area contributed by atoms with E-state index in [0.29, 0.717) is 55.1 Å². The Bertz CT molecular complexity index is 1070. The lowest BCUT2D eigenvalue weighted by molar-refractivity contribution is -0.145. The van der Waals surface area contributed by atoms with E-state index in [2.05, 4.69) is 36.9 Å². The Morgan fingerprint density at radius 3 is 2.32 bits per heavy atom. The summed E-state index contributed by atoms with van der Waals surface area (Å²) >= 11 is 0.455. The van der Waals surface area contributed by atoms with Gasteiger partial charge in [-0.25, -0.2) is 15.0 Å². The summed E-state index contributed by atoms with van der Waals surface area (Å²) in [5.41, 5.74) is 0.814. The largest absolute Gasteiger partial charge is 0.451 e. The number of hydrogen-bond donors (Lipinski definition) is 0. The van der Waals surface area contributed by atoms with Crippen LogP contribution < -0.4 is 9.80 Å². The summed E-state index contributed by atoms with van der Waals surface area (Å²) in [7, 11) is 0. The van der Waals surface area contributed by atoms with Gasteiger partial charge in [0.2, 0.25) is 10.9 Å². The summed E-state index contributed by atoms with van der Waals surface area (Å²) in [6.07, 6.45) is -3.10. The third-order valence-corrected chi connectivity index (χ3v) is 6.53. The van der Waals surface area contributed by atoms with Crippen LogP contribution in [0.15, 0.2) is 35.0 Å². The lowest BCUT2D eigenvalue weighted by atomic mass is 9.79. The summed E-state index contributed by atoms with van der Waals surface area (Å²) in [6.45, 7) is 5.54. The third kappa shape index (κ3) is 5.23. The van der Waals surface area contributed by atoms with Crippen LogP contribution in [-0.4, -0.2) is 64.1 Å². The first-order valence-corrected chi connectivity index (χ1v) is 10.9. The molecule has 4 heterocycles. The molecular weight excluding hydrogens is 486 g/mol. The molecule has 2 saturated heterocycles. The molecule has 0 aliphatic carbocycles. The Kier molecular flexibility index (Phi) is 6.40. The molecule has 0 amide bonds. The Morgan fingerprint density at radius 1 is 1.03 bits per heavy atom. The molecular formula is C19H18F6N8S. The molecule has 0 N–H and O–H groups in total. The molecule has 2 aliphatic heterocycles. The molecule has 1 spiro atoms. The first kappa shape index (κ1) is 24.2. The van der Waals surface area contributed by atoms with E-state index >= 15 is 0 Å². The summed E-state index contributed by atoms with van der Waals surface area (Å²) in [5, 5.41) is 4.88. The second-order valence-corrected chi connectivity index (χ2v) is 8.96. The number of aromatic nitrogens is 4. The quantitative estimate of drug-likeness (QED) is 0.265. The highest BCUT2D eigenvalue weighted by molar-refractivity contribution is 8.13. The molecule has 182 valence electrons. The van der Waals surface area contributed by atoms with Gasteiger partial charge in [-0.3, -0.25) is 4.98 Å². The fourth-order valence-electron chi connectivity index (χ4n) is 3.96. The predicted octanol–water partition coefficient (Wildman–Crippen LogP) is 3.81. The summed E-state index contributed by atoms with van der Waals surface area (Å²) in [6, 6.07) is 0. The minimum atomic E-state index is -4.63. The molecule has 0 unspecified atom stereocenters. The number of halogens is 6. The average molecular weight is 504 g/mol. The minimum absolute atomic E-state index is 0.0686. The minimum Gasteiger partial charge on any atom is -0.368 e. The van der Waals surface area contributed by atoms with Crippen molar-refractivity contribution >= 4 is 35.0 Å². The van der Waals surface area contributed by atoms with Crippen molar-refractivity contribution in [3.8, 4) is 0 Å². The standard InChI is InChI=1S/C19H18F6N8S/c1-26-31-16(19(23,24)25)34-8-12-4-27-7-14(30-12)32-3-2-17(9-32)10-33(11-17)13-5-28-15(29-6-13)18(20,21)22/h4-7H,1-3,8-11H2/b31-16-. The van der Waals surface area contributed by atoms with Crippen molar-refractivity contribution in [1.29, 1.82) is 0 Å². The molecule has 15 heteroatoms. The number of alkyl halides is 6. The first-order valence-electron chi connectivity index (χ1n) is 9.93. The van der Waals surface area contributed by atoms with E-state index in [1.807, 2.05) is 9.80 Å². The molecule has 34 heavy (non-hydrogen) atoms. The van der Waals surface area contributed by atoms with Crippen molar-refractivity contribution in [3.63, 3.8) is 0 Å². The highest BCUT2D eigenvalue weighted by Gasteiger charge is 2.48. The predicted molar refractivity (Wildman–Crippen MR) is 115 cm³/mol. The SMILES string of the molecule is C=N/N=C(\SCc1cncc(N2CCC3(CN(c4cnc(C(F)(F)F)nc4)C3)C2)n1)C(F)(F)F. The molecule has 0 aromatic carbocycles. The summed E-state index contributed by atoms with van der Waals surface area (Å²) in [5.74, 6) is -0.710. The molecule has 2 fully saturated rings. The van der Waals surface area contributed by atoms with Crippen molar-refractivity contribution in [1.82, 2.24) is 19.9 Å². The van der Waals surface area contributed by atoms with Crippen molar-refractivity contribution in [2.24, 2.45) is 15.6 Å². The maximum Gasteiger partial charge on any atom is 0.451 e. The number of hydrogen-bond acceptors (Lipinski definition) is 9. The van der Waals surface area contributed by atoms with Crippen molar-refractivity contribution in [2.45, 2.75) is 24.5 Å². The van der Waals surface area contributed by atoms with E-state index in [4.69, 9.17) is 0 Å². The molecule has 0 atom stereocenters. The molecule has 8 nitrogen and oxygen atoms in total. The van der Waals surface area contributed by atoms with E-state index in [1.54, 1.807) is 6.20 Å². The number of rotatable bonds is 5. The highest BCUT2D eigenvalue weighted by Crippen LogP contribution is 2.42. The number of anilines is 2. The van der Waals surface area contributed by atoms with Gasteiger partial charge in [0.1, 0.15) is 5.82 Å². The second-order valence-electron chi connectivity index (χ2n) is 7.99. The molecule has 0 bridgehead atoms. The van der Waals surface area contributed by atoms with Gasteiger partial charge in [0.15, 0.2) is 0 Å². The Labute approximate surface area is 194 Å². The van der Waals surface area contributed by atoms with Crippen LogP contribution in [0.25, 0.3) is 0 Å². The first-order chi connectivity index (χ1) is 16.0. The molecule has 2 aliphatic rings. The van der Waals surface area contributed by atoms with Crippen LogP contribution in [0.3, 0.4) is 0 Å². The molecule has 0 radical (unpaired) electrons. The van der Waals surface area contributed by atoms with Gasteiger partial charge in [0.05, 0.1) is 30.0 Å². The Hall–Kier alpha value is -2.97. The third-order valence-electron chi connectivity index (χ3n) is 5.50. The highest BCUT2D eigenvalue weighted by atomic mass is 32.2. The maximum absolute atomic E-state index is 12.9. The van der Waals surface area contributed by atoms with E-state index in [1.165, 1.54) is 18.6 Å². The van der Waals surface area contributed by atoms with Gasteiger partial charge in [0.25, 0.3) is 0 Å². The van der Waals surface area contributed by atoms with Gasteiger partial charge < -0.3 is 9.80 Å². The van der Waals surface area contributed by atoms with Crippen molar-refractivity contribution < 1.29 is 26.3 Å². The van der Waals surface area contributed by atoms with E-state index in [9.17, 15) is 26.3 Å².